The molecule has 1 aliphatic rings. The normalized spacial score (nSPS) is 14.6. The van der Waals surface area contributed by atoms with E-state index in [1.165, 1.54) is 31.4 Å². The van der Waals surface area contributed by atoms with E-state index in [1.807, 2.05) is 0 Å². The third-order valence-corrected chi connectivity index (χ3v) is 6.25. The number of hydrogen-bond acceptors (Lipinski definition) is 6. The molecule has 2 amide bonds. The second kappa shape index (κ2) is 10.1. The number of nitrogens with zero attached hydrogens (tertiary/aromatic N) is 1. The number of carbonyl (C=O) groups excluding carboxylic acids is 3. The number of thioether (sulfide) groups is 1. The van der Waals surface area contributed by atoms with E-state index in [4.69, 9.17) is 21.1 Å². The fourth-order valence-corrected chi connectivity index (χ4v) is 4.25. The van der Waals surface area contributed by atoms with Gasteiger partial charge >= 0.3 is 5.97 Å². The maximum absolute atomic E-state index is 14.1. The smallest absolute Gasteiger partial charge is 0.343 e. The van der Waals surface area contributed by atoms with Gasteiger partial charge in [0.25, 0.3) is 11.1 Å². The van der Waals surface area contributed by atoms with Crippen molar-refractivity contribution in [3.8, 4) is 11.5 Å². The van der Waals surface area contributed by atoms with E-state index >= 15 is 0 Å². The summed E-state index contributed by atoms with van der Waals surface area (Å²) in [5.74, 6) is -0.973. The number of rotatable bonds is 6. The van der Waals surface area contributed by atoms with Crippen molar-refractivity contribution in [2.24, 2.45) is 0 Å². The number of benzene rings is 3. The van der Waals surface area contributed by atoms with E-state index in [0.717, 1.165) is 4.90 Å². The Kier molecular flexibility index (Phi) is 7.00. The highest BCUT2D eigenvalue weighted by atomic mass is 35.5. The van der Waals surface area contributed by atoms with Gasteiger partial charge in [0.2, 0.25) is 0 Å². The van der Waals surface area contributed by atoms with Gasteiger partial charge in [-0.15, -0.1) is 0 Å². The SMILES string of the molecule is COc1ccc(C(=O)Oc2ccccc2/C=C2\SC(=O)N(Cc3c(F)cccc3Cl)C2=O)cc1. The van der Waals surface area contributed by atoms with Crippen LogP contribution >= 0.6 is 23.4 Å². The summed E-state index contributed by atoms with van der Waals surface area (Å²) >= 11 is 6.75. The molecule has 0 saturated carbocycles. The lowest BCUT2D eigenvalue weighted by Crippen LogP contribution is -2.28. The second-order valence-electron chi connectivity index (χ2n) is 7.12. The molecule has 0 atom stereocenters. The van der Waals surface area contributed by atoms with Crippen LogP contribution < -0.4 is 9.47 Å². The third kappa shape index (κ3) is 4.98. The maximum atomic E-state index is 14.1. The van der Waals surface area contributed by atoms with Crippen LogP contribution in [0.15, 0.2) is 71.6 Å². The summed E-state index contributed by atoms with van der Waals surface area (Å²) < 4.78 is 24.8. The van der Waals surface area contributed by atoms with Crippen LogP contribution in [0.3, 0.4) is 0 Å². The molecule has 0 unspecified atom stereocenters. The molecule has 9 heteroatoms. The van der Waals surface area contributed by atoms with Gasteiger partial charge in [0.15, 0.2) is 0 Å². The zero-order valence-electron chi connectivity index (χ0n) is 17.8. The summed E-state index contributed by atoms with van der Waals surface area (Å²) in [5.41, 5.74) is 0.804. The number of para-hydroxylation sites is 1. The van der Waals surface area contributed by atoms with Gasteiger partial charge in [0.1, 0.15) is 17.3 Å². The Bertz CT molecular complexity index is 1290. The molecule has 1 aliphatic heterocycles. The van der Waals surface area contributed by atoms with Crippen LogP contribution in [0.2, 0.25) is 5.02 Å². The number of carbonyl (C=O) groups is 3. The van der Waals surface area contributed by atoms with Gasteiger partial charge in [-0.05, 0) is 60.3 Å². The summed E-state index contributed by atoms with van der Waals surface area (Å²) in [6, 6.07) is 17.2. The number of amides is 2. The van der Waals surface area contributed by atoms with Crippen LogP contribution in [0, 0.1) is 5.82 Å². The van der Waals surface area contributed by atoms with E-state index < -0.39 is 22.9 Å². The van der Waals surface area contributed by atoms with Crippen molar-refractivity contribution in [1.29, 1.82) is 0 Å². The molecule has 1 fully saturated rings. The fraction of sp³-hybridized carbons (Fsp3) is 0.0800. The molecule has 1 heterocycles. The predicted octanol–water partition coefficient (Wildman–Crippen LogP) is 5.94. The molecular formula is C25H17ClFNO5S. The molecule has 0 bridgehead atoms. The Balaban J connectivity index is 1.56. The van der Waals surface area contributed by atoms with Crippen LogP contribution in [0.4, 0.5) is 9.18 Å². The molecule has 6 nitrogen and oxygen atoms in total. The van der Waals surface area contributed by atoms with E-state index in [2.05, 4.69) is 0 Å². The fourth-order valence-electron chi connectivity index (χ4n) is 3.20. The van der Waals surface area contributed by atoms with Crippen molar-refractivity contribution in [3.05, 3.63) is 99.2 Å². The van der Waals surface area contributed by atoms with Crippen molar-refractivity contribution >= 4 is 46.6 Å². The summed E-state index contributed by atoms with van der Waals surface area (Å²) in [7, 11) is 1.52. The van der Waals surface area contributed by atoms with Gasteiger partial charge in [0, 0.05) is 16.1 Å². The van der Waals surface area contributed by atoms with Crippen LogP contribution in [-0.4, -0.2) is 29.1 Å². The van der Waals surface area contributed by atoms with E-state index in [0.29, 0.717) is 28.6 Å². The van der Waals surface area contributed by atoms with Crippen LogP contribution in [0.25, 0.3) is 6.08 Å². The van der Waals surface area contributed by atoms with Gasteiger partial charge in [-0.3, -0.25) is 14.5 Å². The van der Waals surface area contributed by atoms with Crippen molar-refractivity contribution in [2.45, 2.75) is 6.54 Å². The largest absolute Gasteiger partial charge is 0.497 e. The Morgan fingerprint density at radius 2 is 1.79 bits per heavy atom. The monoisotopic (exact) mass is 497 g/mol. The predicted molar refractivity (Wildman–Crippen MR) is 127 cm³/mol. The first-order valence-electron chi connectivity index (χ1n) is 10.0. The molecule has 34 heavy (non-hydrogen) atoms. The summed E-state index contributed by atoms with van der Waals surface area (Å²) in [4.78, 5) is 39.0. The topological polar surface area (TPSA) is 72.9 Å². The molecule has 0 radical (unpaired) electrons. The summed E-state index contributed by atoms with van der Waals surface area (Å²) in [5, 5.41) is -0.429. The molecule has 1 saturated heterocycles. The first-order valence-corrected chi connectivity index (χ1v) is 11.2. The molecule has 172 valence electrons. The minimum absolute atomic E-state index is 0.0570. The van der Waals surface area contributed by atoms with E-state index in [9.17, 15) is 18.8 Å². The first kappa shape index (κ1) is 23.5. The Hall–Kier alpha value is -3.62. The summed E-state index contributed by atoms with van der Waals surface area (Å²) in [6.07, 6.45) is 1.46. The maximum Gasteiger partial charge on any atom is 0.343 e. The Labute approximate surface area is 203 Å². The number of halogens is 2. The molecule has 0 aromatic heterocycles. The summed E-state index contributed by atoms with van der Waals surface area (Å²) in [6.45, 7) is -0.290. The average Bonchev–Trinajstić information content (AvgIpc) is 3.09. The highest BCUT2D eigenvalue weighted by molar-refractivity contribution is 8.18. The zero-order chi connectivity index (χ0) is 24.2. The third-order valence-electron chi connectivity index (χ3n) is 4.99. The highest BCUT2D eigenvalue weighted by Crippen LogP contribution is 2.36. The number of ether oxygens (including phenoxy) is 2. The Morgan fingerprint density at radius 1 is 1.06 bits per heavy atom. The quantitative estimate of drug-likeness (QED) is 0.238. The number of hydrogen-bond donors (Lipinski definition) is 0. The minimum Gasteiger partial charge on any atom is -0.497 e. The van der Waals surface area contributed by atoms with Gasteiger partial charge in [-0.25, -0.2) is 9.18 Å². The lowest BCUT2D eigenvalue weighted by molar-refractivity contribution is -0.123. The highest BCUT2D eigenvalue weighted by Gasteiger charge is 2.36. The van der Waals surface area contributed by atoms with E-state index in [-0.39, 0.29) is 27.8 Å². The van der Waals surface area contributed by atoms with Gasteiger partial charge in [-0.2, -0.15) is 0 Å². The van der Waals surface area contributed by atoms with Crippen LogP contribution in [0.1, 0.15) is 21.5 Å². The lowest BCUT2D eigenvalue weighted by Gasteiger charge is -2.14. The van der Waals surface area contributed by atoms with E-state index in [1.54, 1.807) is 48.5 Å². The number of esters is 1. The van der Waals surface area contributed by atoms with Crippen LogP contribution in [-0.2, 0) is 11.3 Å². The van der Waals surface area contributed by atoms with Crippen molar-refractivity contribution in [1.82, 2.24) is 4.90 Å². The second-order valence-corrected chi connectivity index (χ2v) is 8.52. The van der Waals surface area contributed by atoms with Gasteiger partial charge in [0.05, 0.1) is 24.1 Å². The minimum atomic E-state index is -0.605. The van der Waals surface area contributed by atoms with Gasteiger partial charge in [-0.1, -0.05) is 35.9 Å². The molecule has 3 aromatic carbocycles. The molecule has 0 aliphatic carbocycles. The molecular weight excluding hydrogens is 481 g/mol. The van der Waals surface area contributed by atoms with Gasteiger partial charge < -0.3 is 9.47 Å². The number of methoxy groups -OCH3 is 1. The van der Waals surface area contributed by atoms with Crippen molar-refractivity contribution < 1.29 is 28.2 Å². The average molecular weight is 498 g/mol. The molecule has 4 rings (SSSR count). The zero-order valence-corrected chi connectivity index (χ0v) is 19.4. The first-order chi connectivity index (χ1) is 16.4. The number of imide groups is 1. The lowest BCUT2D eigenvalue weighted by atomic mass is 10.1. The van der Waals surface area contributed by atoms with Crippen LogP contribution in [0.5, 0.6) is 11.5 Å². The standard InChI is InChI=1S/C25H17ClFNO5S/c1-32-17-11-9-15(10-12-17)24(30)33-21-8-3-2-5-16(21)13-22-23(29)28(25(31)34-22)14-18-19(26)6-4-7-20(18)27/h2-13H,14H2,1H3/b22-13-. The van der Waals surface area contributed by atoms with Crippen molar-refractivity contribution in [2.75, 3.05) is 7.11 Å². The Morgan fingerprint density at radius 3 is 2.50 bits per heavy atom. The molecule has 0 spiro atoms. The molecule has 0 N–H and O–H groups in total. The van der Waals surface area contributed by atoms with Crippen molar-refractivity contribution in [3.63, 3.8) is 0 Å². The molecule has 3 aromatic rings.